The lowest BCUT2D eigenvalue weighted by atomic mass is 9.91. The van der Waals surface area contributed by atoms with Crippen molar-refractivity contribution in [3.8, 4) is 0 Å². The summed E-state index contributed by atoms with van der Waals surface area (Å²) in [4.78, 5) is 13.7. The Kier molecular flexibility index (Phi) is 3.53. The lowest BCUT2D eigenvalue weighted by Crippen LogP contribution is -2.36. The Hall–Kier alpha value is -2.13. The fourth-order valence-corrected chi connectivity index (χ4v) is 3.50. The summed E-state index contributed by atoms with van der Waals surface area (Å²) in [5.74, 6) is -0.868. The Bertz CT molecular complexity index is 707. The highest BCUT2D eigenvalue weighted by Crippen LogP contribution is 2.46. The van der Waals surface area contributed by atoms with Gasteiger partial charge in [-0.15, -0.1) is 0 Å². The van der Waals surface area contributed by atoms with Gasteiger partial charge in [-0.25, -0.2) is 4.79 Å². The van der Waals surface area contributed by atoms with Crippen molar-refractivity contribution in [2.24, 2.45) is 0 Å². The summed E-state index contributed by atoms with van der Waals surface area (Å²) >= 11 is 0. The van der Waals surface area contributed by atoms with E-state index in [1.807, 2.05) is 18.2 Å². The predicted octanol–water partition coefficient (Wildman–Crippen LogP) is 4.20. The molecule has 3 heteroatoms. The Morgan fingerprint density at radius 1 is 1.18 bits per heavy atom. The van der Waals surface area contributed by atoms with E-state index in [-0.39, 0.29) is 11.6 Å². The topological polar surface area (TPSA) is 40.5 Å². The van der Waals surface area contributed by atoms with Crippen molar-refractivity contribution in [2.75, 3.05) is 0 Å². The molecule has 0 spiro atoms. The quantitative estimate of drug-likeness (QED) is 0.922. The smallest absolute Gasteiger partial charge is 0.335 e. The molecule has 0 saturated carbocycles. The van der Waals surface area contributed by atoms with Crippen LogP contribution in [0.5, 0.6) is 0 Å². The molecule has 2 aromatic carbocycles. The van der Waals surface area contributed by atoms with Crippen molar-refractivity contribution in [3.63, 3.8) is 0 Å². The minimum Gasteiger partial charge on any atom is -0.478 e. The zero-order valence-electron chi connectivity index (χ0n) is 13.2. The van der Waals surface area contributed by atoms with Gasteiger partial charge in [0.15, 0.2) is 0 Å². The number of benzene rings is 2. The average molecular weight is 295 g/mol. The van der Waals surface area contributed by atoms with Gasteiger partial charge >= 0.3 is 5.97 Å². The molecule has 1 unspecified atom stereocenters. The van der Waals surface area contributed by atoms with E-state index in [9.17, 15) is 9.90 Å². The highest BCUT2D eigenvalue weighted by molar-refractivity contribution is 5.88. The van der Waals surface area contributed by atoms with Crippen molar-refractivity contribution >= 4 is 5.97 Å². The number of fused-ring (bicyclic) bond motifs is 1. The first-order valence-electron chi connectivity index (χ1n) is 7.59. The van der Waals surface area contributed by atoms with Gasteiger partial charge in [-0.3, -0.25) is 4.90 Å². The van der Waals surface area contributed by atoms with E-state index in [1.165, 1.54) is 11.1 Å². The van der Waals surface area contributed by atoms with Crippen molar-refractivity contribution in [3.05, 3.63) is 70.8 Å². The van der Waals surface area contributed by atoms with E-state index in [0.717, 1.165) is 12.1 Å². The van der Waals surface area contributed by atoms with Crippen LogP contribution in [0.25, 0.3) is 0 Å². The molecule has 1 atom stereocenters. The van der Waals surface area contributed by atoms with Crippen molar-refractivity contribution in [1.82, 2.24) is 4.90 Å². The monoisotopic (exact) mass is 295 g/mol. The third kappa shape index (κ3) is 2.32. The zero-order chi connectivity index (χ0) is 15.9. The first-order valence-corrected chi connectivity index (χ1v) is 7.59. The maximum atomic E-state index is 11.3. The second kappa shape index (κ2) is 5.25. The number of nitrogens with zero attached hydrogens (tertiary/aromatic N) is 1. The van der Waals surface area contributed by atoms with Crippen LogP contribution in [0.2, 0.25) is 0 Å². The van der Waals surface area contributed by atoms with Crippen molar-refractivity contribution < 1.29 is 9.90 Å². The third-order valence-corrected chi connectivity index (χ3v) is 4.79. The van der Waals surface area contributed by atoms with Crippen LogP contribution in [0.4, 0.5) is 0 Å². The van der Waals surface area contributed by atoms with E-state index in [4.69, 9.17) is 0 Å². The number of carboxylic acids is 1. The van der Waals surface area contributed by atoms with E-state index >= 15 is 0 Å². The summed E-state index contributed by atoms with van der Waals surface area (Å²) in [6.45, 7) is 7.39. The van der Waals surface area contributed by atoms with Crippen LogP contribution in [-0.2, 0) is 12.1 Å². The first-order chi connectivity index (χ1) is 10.4. The van der Waals surface area contributed by atoms with Crippen LogP contribution >= 0.6 is 0 Å². The lowest BCUT2D eigenvalue weighted by molar-refractivity contribution is 0.0696. The molecule has 0 aliphatic carbocycles. The van der Waals surface area contributed by atoms with Gasteiger partial charge in [0.25, 0.3) is 0 Å². The molecule has 3 rings (SSSR count). The fraction of sp³-hybridized carbons (Fsp3) is 0.316. The normalized spacial score (nSPS) is 19.9. The summed E-state index contributed by atoms with van der Waals surface area (Å²) in [7, 11) is 0. The Morgan fingerprint density at radius 2 is 1.86 bits per heavy atom. The van der Waals surface area contributed by atoms with Crippen molar-refractivity contribution in [1.29, 1.82) is 0 Å². The maximum absolute atomic E-state index is 11.3. The van der Waals surface area contributed by atoms with Gasteiger partial charge in [0.1, 0.15) is 0 Å². The number of hydrogen-bond acceptors (Lipinski definition) is 2. The predicted molar refractivity (Wildman–Crippen MR) is 86.8 cm³/mol. The molecule has 0 saturated heterocycles. The molecule has 114 valence electrons. The molecular formula is C19H21NO2. The third-order valence-electron chi connectivity index (χ3n) is 4.79. The molecule has 0 bridgehead atoms. The van der Waals surface area contributed by atoms with E-state index in [2.05, 4.69) is 49.9 Å². The molecule has 2 aromatic rings. The molecule has 3 nitrogen and oxygen atoms in total. The Labute approximate surface area is 131 Å². The average Bonchev–Trinajstić information content (AvgIpc) is 2.69. The number of rotatable bonds is 3. The lowest BCUT2D eigenvalue weighted by Gasteiger charge is -2.35. The maximum Gasteiger partial charge on any atom is 0.335 e. The highest BCUT2D eigenvalue weighted by Gasteiger charge is 2.42. The van der Waals surface area contributed by atoms with Gasteiger partial charge < -0.3 is 5.11 Å². The molecule has 1 aliphatic rings. The van der Waals surface area contributed by atoms with Crippen LogP contribution in [0.1, 0.15) is 53.9 Å². The summed E-state index contributed by atoms with van der Waals surface area (Å²) in [5.41, 5.74) is 3.80. The number of hydrogen-bond donors (Lipinski definition) is 1. The summed E-state index contributed by atoms with van der Waals surface area (Å²) in [6, 6.07) is 16.2. The van der Waals surface area contributed by atoms with Gasteiger partial charge in [-0.1, -0.05) is 36.4 Å². The van der Waals surface area contributed by atoms with Crippen molar-refractivity contribution in [2.45, 2.75) is 38.9 Å². The SMILES string of the molecule is CC1c2ccc(C(=O)O)cc2C(C)(C)N1Cc1ccccc1. The molecule has 0 fully saturated rings. The Morgan fingerprint density at radius 3 is 2.50 bits per heavy atom. The zero-order valence-corrected chi connectivity index (χ0v) is 13.2. The summed E-state index contributed by atoms with van der Waals surface area (Å²) in [5, 5.41) is 9.24. The standard InChI is InChI=1S/C19H21NO2/c1-13-16-10-9-15(18(21)22)11-17(16)19(2,3)20(13)12-14-7-5-4-6-8-14/h4-11,13H,12H2,1-3H3,(H,21,22). The molecule has 1 N–H and O–H groups in total. The van der Waals surface area contributed by atoms with E-state index in [1.54, 1.807) is 6.07 Å². The van der Waals surface area contributed by atoms with Gasteiger partial charge in [0.05, 0.1) is 5.56 Å². The minimum atomic E-state index is -0.868. The van der Waals surface area contributed by atoms with Crippen LogP contribution in [0, 0.1) is 0 Å². The van der Waals surface area contributed by atoms with Crippen LogP contribution in [0.3, 0.4) is 0 Å². The van der Waals surface area contributed by atoms with E-state index < -0.39 is 5.97 Å². The molecule has 0 amide bonds. The van der Waals surface area contributed by atoms with Crippen LogP contribution in [0.15, 0.2) is 48.5 Å². The molecule has 0 radical (unpaired) electrons. The summed E-state index contributed by atoms with van der Waals surface area (Å²) in [6.07, 6.45) is 0. The van der Waals surface area contributed by atoms with Gasteiger partial charge in [0.2, 0.25) is 0 Å². The second-order valence-electron chi connectivity index (χ2n) is 6.46. The number of aromatic carboxylic acids is 1. The largest absolute Gasteiger partial charge is 0.478 e. The van der Waals surface area contributed by atoms with Crippen LogP contribution in [-0.4, -0.2) is 16.0 Å². The van der Waals surface area contributed by atoms with E-state index in [0.29, 0.717) is 5.56 Å². The molecular weight excluding hydrogens is 274 g/mol. The summed E-state index contributed by atoms with van der Waals surface area (Å²) < 4.78 is 0. The van der Waals surface area contributed by atoms with Gasteiger partial charge in [0, 0.05) is 18.1 Å². The number of carbonyl (C=O) groups is 1. The minimum absolute atomic E-state index is 0.184. The second-order valence-corrected chi connectivity index (χ2v) is 6.46. The molecule has 0 aromatic heterocycles. The van der Waals surface area contributed by atoms with Crippen LogP contribution < -0.4 is 0 Å². The molecule has 1 aliphatic heterocycles. The first kappa shape index (κ1) is 14.8. The fourth-order valence-electron chi connectivity index (χ4n) is 3.50. The molecule has 22 heavy (non-hydrogen) atoms. The Balaban J connectivity index is 1.99. The number of carboxylic acid groups (broad SMARTS) is 1. The van der Waals surface area contributed by atoms with Gasteiger partial charge in [-0.2, -0.15) is 0 Å². The highest BCUT2D eigenvalue weighted by atomic mass is 16.4. The van der Waals surface area contributed by atoms with Gasteiger partial charge in [-0.05, 0) is 49.6 Å². The molecule has 1 heterocycles.